The monoisotopic (exact) mass is 568 g/mol. The number of para-hydroxylation sites is 1. The van der Waals surface area contributed by atoms with Crippen molar-refractivity contribution in [1.29, 1.82) is 0 Å². The quantitative estimate of drug-likeness (QED) is 0.459. The van der Waals surface area contributed by atoms with E-state index in [0.717, 1.165) is 23.8 Å². The number of phenols is 1. The van der Waals surface area contributed by atoms with Gasteiger partial charge in [-0.25, -0.2) is 4.98 Å². The molecule has 0 bridgehead atoms. The topological polar surface area (TPSA) is 63.9 Å². The first-order chi connectivity index (χ1) is 13.5. The summed E-state index contributed by atoms with van der Waals surface area (Å²) in [6, 6.07) is 18.0. The number of rotatable bonds is 3. The number of hydrogen-bond donors (Lipinski definition) is 1. The van der Waals surface area contributed by atoms with Crippen molar-refractivity contribution in [3.63, 3.8) is 0 Å². The van der Waals surface area contributed by atoms with Crippen LogP contribution in [0.15, 0.2) is 53.5 Å². The molecule has 2 atom stereocenters. The molecule has 2 aliphatic rings. The fourth-order valence-electron chi connectivity index (χ4n) is 4.05. The summed E-state index contributed by atoms with van der Waals surface area (Å²) >= 11 is 0. The Morgan fingerprint density at radius 3 is 2.79 bits per heavy atom. The van der Waals surface area contributed by atoms with Crippen molar-refractivity contribution in [3.05, 3.63) is 60.2 Å². The maximum atomic E-state index is 10.0. The number of hydrogen-bond acceptors (Lipinski definition) is 5. The maximum absolute atomic E-state index is 10.0. The molecular weight excluding hydrogens is 547 g/mol. The van der Waals surface area contributed by atoms with Gasteiger partial charge in [0.25, 0.3) is 0 Å². The molecule has 152 valence electrons. The zero-order valence-corrected chi connectivity index (χ0v) is 18.4. The molecule has 1 aromatic heterocycles. The van der Waals surface area contributed by atoms with Gasteiger partial charge in [-0.3, -0.25) is 4.99 Å². The third-order valence-corrected chi connectivity index (χ3v) is 5.63. The Balaban J connectivity index is 0.00000205. The molecule has 1 fully saturated rings. The van der Waals surface area contributed by atoms with Crippen molar-refractivity contribution < 1.29 is 35.6 Å². The molecular formula is C23H21N2O3Pt-. The number of aromatic hydroxyl groups is 1. The van der Waals surface area contributed by atoms with Gasteiger partial charge in [-0.15, -0.1) is 18.2 Å². The molecule has 1 aliphatic carbocycles. The molecule has 1 N–H and O–H groups in total. The first-order valence-corrected chi connectivity index (χ1v) is 9.53. The second kappa shape index (κ2) is 7.46. The van der Waals surface area contributed by atoms with Gasteiger partial charge in [-0.1, -0.05) is 37.6 Å². The summed E-state index contributed by atoms with van der Waals surface area (Å²) in [5.41, 5.74) is 1.46. The van der Waals surface area contributed by atoms with E-state index in [0.29, 0.717) is 23.0 Å². The van der Waals surface area contributed by atoms with Crippen LogP contribution in [0.3, 0.4) is 0 Å². The largest absolute Gasteiger partial charge is 0.515 e. The smallest absolute Gasteiger partial charge is 0.217 e. The number of fused-ring (bicyclic) bond motifs is 2. The number of benzene rings is 2. The van der Waals surface area contributed by atoms with E-state index in [1.807, 2.05) is 30.3 Å². The fourth-order valence-corrected chi connectivity index (χ4v) is 4.05. The van der Waals surface area contributed by atoms with Crippen LogP contribution in [0.1, 0.15) is 32.3 Å². The summed E-state index contributed by atoms with van der Waals surface area (Å²) in [6.45, 7) is 4.50. The Morgan fingerprint density at radius 2 is 1.97 bits per heavy atom. The van der Waals surface area contributed by atoms with Crippen LogP contribution in [0.4, 0.5) is 0 Å². The van der Waals surface area contributed by atoms with Gasteiger partial charge in [0, 0.05) is 38.3 Å². The molecule has 3 aromatic rings. The van der Waals surface area contributed by atoms with Crippen LogP contribution in [0.5, 0.6) is 17.4 Å². The van der Waals surface area contributed by atoms with Crippen LogP contribution in [0.25, 0.3) is 10.9 Å². The Morgan fingerprint density at radius 1 is 1.14 bits per heavy atom. The second-order valence-corrected chi connectivity index (χ2v) is 8.09. The summed E-state index contributed by atoms with van der Waals surface area (Å²) in [5.74, 6) is 1.69. The summed E-state index contributed by atoms with van der Waals surface area (Å²) < 4.78 is 12.0. The van der Waals surface area contributed by atoms with E-state index in [1.54, 1.807) is 18.2 Å². The molecule has 1 saturated carbocycles. The minimum absolute atomic E-state index is 0. The number of pyridine rings is 1. The Bertz CT molecular complexity index is 1100. The Kier molecular flexibility index (Phi) is 5.12. The molecule has 0 spiro atoms. The van der Waals surface area contributed by atoms with Gasteiger partial charge in [-0.2, -0.15) is 0 Å². The Labute approximate surface area is 184 Å². The minimum atomic E-state index is 0. The number of phenolic OH excluding ortho intramolecular Hbond substituents is 1. The standard InChI is InChI=1S/C23H21N2O3.Pt/c1-23(2)12-11-18-21(23)25-22(28-18)15-6-3-7-16(13-15)27-19-10-9-14-5-4-8-17(26)20(14)24-19;/h3-10,18,21,26H,11-12H2,1-2H3;/q-1;/t18-,21+;/m0./s1. The van der Waals surface area contributed by atoms with Crippen LogP contribution in [-0.4, -0.2) is 28.1 Å². The van der Waals surface area contributed by atoms with E-state index in [2.05, 4.69) is 24.9 Å². The van der Waals surface area contributed by atoms with Gasteiger partial charge in [0.2, 0.25) is 5.88 Å². The van der Waals surface area contributed by atoms with Crippen molar-refractivity contribution in [1.82, 2.24) is 4.98 Å². The SMILES string of the molecule is CC1(C)CC[C@@H]2OC(c3[c-]c(Oc4ccc5cccc(O)c5n4)ccc3)=N[C@H]21.[Pt]. The van der Waals surface area contributed by atoms with Gasteiger partial charge in [0.05, 0.1) is 6.04 Å². The summed E-state index contributed by atoms with van der Waals surface area (Å²) in [4.78, 5) is 9.24. The zero-order chi connectivity index (χ0) is 19.3. The van der Waals surface area contributed by atoms with Gasteiger partial charge in [0.15, 0.2) is 0 Å². The summed E-state index contributed by atoms with van der Waals surface area (Å²) in [7, 11) is 0. The molecule has 6 heteroatoms. The molecule has 2 aromatic carbocycles. The second-order valence-electron chi connectivity index (χ2n) is 8.09. The van der Waals surface area contributed by atoms with Gasteiger partial charge in [0.1, 0.15) is 23.3 Å². The summed E-state index contributed by atoms with van der Waals surface area (Å²) in [5, 5.41) is 10.9. The van der Waals surface area contributed by atoms with Crippen LogP contribution in [-0.2, 0) is 25.8 Å². The number of aliphatic imine (C=N–C) groups is 1. The minimum Gasteiger partial charge on any atom is -0.515 e. The molecule has 0 amide bonds. The van der Waals surface area contributed by atoms with E-state index in [4.69, 9.17) is 14.5 Å². The predicted octanol–water partition coefficient (Wildman–Crippen LogP) is 4.86. The molecule has 0 radical (unpaired) electrons. The molecule has 2 heterocycles. The van der Waals surface area contributed by atoms with E-state index in [9.17, 15) is 5.11 Å². The average molecular weight is 569 g/mol. The van der Waals surface area contributed by atoms with Gasteiger partial charge in [-0.05, 0) is 30.4 Å². The number of nitrogens with zero attached hydrogens (tertiary/aromatic N) is 2. The molecule has 1 aliphatic heterocycles. The number of aromatic nitrogens is 1. The van der Waals surface area contributed by atoms with Gasteiger partial charge < -0.3 is 14.6 Å². The van der Waals surface area contributed by atoms with Crippen molar-refractivity contribution in [2.24, 2.45) is 10.4 Å². The predicted molar refractivity (Wildman–Crippen MR) is 107 cm³/mol. The normalized spacial score (nSPS) is 21.8. The van der Waals surface area contributed by atoms with Crippen LogP contribution in [0, 0.1) is 11.5 Å². The molecule has 0 unspecified atom stereocenters. The average Bonchev–Trinajstić information content (AvgIpc) is 3.24. The first kappa shape index (κ1) is 19.9. The first-order valence-electron chi connectivity index (χ1n) is 9.53. The van der Waals surface area contributed by atoms with E-state index < -0.39 is 0 Å². The van der Waals surface area contributed by atoms with Crippen LogP contribution < -0.4 is 4.74 Å². The van der Waals surface area contributed by atoms with Crippen LogP contribution >= 0.6 is 0 Å². The third-order valence-electron chi connectivity index (χ3n) is 5.63. The third kappa shape index (κ3) is 3.64. The fraction of sp³-hybridized carbons (Fsp3) is 0.304. The van der Waals surface area contributed by atoms with Gasteiger partial charge >= 0.3 is 0 Å². The zero-order valence-electron chi connectivity index (χ0n) is 16.2. The molecule has 5 rings (SSSR count). The van der Waals surface area contributed by atoms with Crippen LogP contribution in [0.2, 0.25) is 0 Å². The van der Waals surface area contributed by atoms with Crippen molar-refractivity contribution >= 4 is 16.8 Å². The molecule has 5 nitrogen and oxygen atoms in total. The molecule has 29 heavy (non-hydrogen) atoms. The number of ether oxygens (including phenoxy) is 2. The van der Waals surface area contributed by atoms with Crippen molar-refractivity contribution in [3.8, 4) is 17.4 Å². The van der Waals surface area contributed by atoms with E-state index >= 15 is 0 Å². The maximum Gasteiger partial charge on any atom is 0.217 e. The molecule has 0 saturated heterocycles. The van der Waals surface area contributed by atoms with E-state index in [1.165, 1.54) is 0 Å². The van der Waals surface area contributed by atoms with E-state index in [-0.39, 0.29) is 44.4 Å². The summed E-state index contributed by atoms with van der Waals surface area (Å²) in [6.07, 6.45) is 2.32. The van der Waals surface area contributed by atoms with Crippen molar-refractivity contribution in [2.45, 2.75) is 38.8 Å². The van der Waals surface area contributed by atoms with Crippen molar-refractivity contribution in [2.75, 3.05) is 0 Å². The Hall–Kier alpha value is -2.39.